The van der Waals surface area contributed by atoms with Crippen molar-refractivity contribution in [3.8, 4) is 0 Å². The molecule has 0 bridgehead atoms. The molecular weight excluding hydrogens is 402 g/mol. The van der Waals surface area contributed by atoms with E-state index in [1.165, 1.54) is 26.2 Å². The molecule has 0 amide bonds. The fourth-order valence-electron chi connectivity index (χ4n) is 2.58. The third-order valence-corrected chi connectivity index (χ3v) is 6.70. The molecule has 0 saturated heterocycles. The molecule has 6 nitrogen and oxygen atoms in total. The normalized spacial score (nSPS) is 11.5. The van der Waals surface area contributed by atoms with Crippen molar-refractivity contribution < 1.29 is 22.7 Å². The topological polar surface area (TPSA) is 80.8 Å². The van der Waals surface area contributed by atoms with E-state index in [1.54, 1.807) is 6.07 Å². The minimum absolute atomic E-state index is 0.00515. The summed E-state index contributed by atoms with van der Waals surface area (Å²) in [7, 11) is -1.10. The molecule has 28 heavy (non-hydrogen) atoms. The predicted molar refractivity (Wildman–Crippen MR) is 108 cm³/mol. The maximum Gasteiger partial charge on any atom is 0.338 e. The van der Waals surface area contributed by atoms with Crippen LogP contribution in [0.25, 0.3) is 0 Å². The number of nitrogens with zero attached hydrogens (tertiary/aromatic N) is 1. The van der Waals surface area contributed by atoms with Gasteiger partial charge in [-0.1, -0.05) is 17.7 Å². The van der Waals surface area contributed by atoms with Crippen molar-refractivity contribution in [1.29, 1.82) is 0 Å². The largest absolute Gasteiger partial charge is 0.454 e. The Bertz CT molecular complexity index is 1040. The van der Waals surface area contributed by atoms with Crippen molar-refractivity contribution in [3.05, 3.63) is 63.2 Å². The molecule has 0 N–H and O–H groups in total. The van der Waals surface area contributed by atoms with E-state index in [1.807, 2.05) is 26.8 Å². The third kappa shape index (κ3) is 4.60. The highest BCUT2D eigenvalue weighted by Crippen LogP contribution is 2.25. The second kappa shape index (κ2) is 8.43. The van der Waals surface area contributed by atoms with E-state index in [0.29, 0.717) is 5.56 Å². The van der Waals surface area contributed by atoms with E-state index in [9.17, 15) is 18.0 Å². The van der Waals surface area contributed by atoms with Crippen LogP contribution in [0.15, 0.2) is 35.2 Å². The minimum Gasteiger partial charge on any atom is -0.454 e. The van der Waals surface area contributed by atoms with Crippen LogP contribution < -0.4 is 0 Å². The first kappa shape index (κ1) is 22.1. The van der Waals surface area contributed by atoms with Gasteiger partial charge in [-0.25, -0.2) is 17.5 Å². The van der Waals surface area contributed by atoms with Gasteiger partial charge in [-0.15, -0.1) is 0 Å². The van der Waals surface area contributed by atoms with Gasteiger partial charge in [-0.2, -0.15) is 0 Å². The average molecular weight is 424 g/mol. The lowest BCUT2D eigenvalue weighted by molar-refractivity contribution is 0.0474. The Kier molecular flexibility index (Phi) is 6.64. The molecule has 0 aliphatic rings. The number of halogens is 1. The van der Waals surface area contributed by atoms with E-state index < -0.39 is 22.6 Å². The monoisotopic (exact) mass is 423 g/mol. The van der Waals surface area contributed by atoms with Crippen molar-refractivity contribution in [3.63, 3.8) is 0 Å². The number of carbonyl (C=O) groups is 2. The van der Waals surface area contributed by atoms with Crippen molar-refractivity contribution in [1.82, 2.24) is 4.31 Å². The van der Waals surface area contributed by atoms with Gasteiger partial charge in [-0.05, 0) is 61.7 Å². The van der Waals surface area contributed by atoms with E-state index in [2.05, 4.69) is 0 Å². The number of esters is 1. The maximum atomic E-state index is 12.4. The fraction of sp³-hybridized carbons (Fsp3) is 0.300. The highest BCUT2D eigenvalue weighted by Gasteiger charge is 2.23. The summed E-state index contributed by atoms with van der Waals surface area (Å²) >= 11 is 5.97. The number of aryl methyl sites for hydroxylation is 3. The highest BCUT2D eigenvalue weighted by molar-refractivity contribution is 7.89. The number of carbonyl (C=O) groups excluding carboxylic acids is 2. The van der Waals surface area contributed by atoms with Crippen LogP contribution in [0.3, 0.4) is 0 Å². The van der Waals surface area contributed by atoms with Crippen LogP contribution in [0.2, 0.25) is 5.02 Å². The first-order valence-electron chi connectivity index (χ1n) is 8.45. The van der Waals surface area contributed by atoms with E-state index in [0.717, 1.165) is 27.1 Å². The van der Waals surface area contributed by atoms with Gasteiger partial charge in [0, 0.05) is 19.7 Å². The molecule has 0 aliphatic carbocycles. The summed E-state index contributed by atoms with van der Waals surface area (Å²) in [5.74, 6) is -1.13. The molecule has 0 heterocycles. The van der Waals surface area contributed by atoms with E-state index >= 15 is 0 Å². The Morgan fingerprint density at radius 3 is 2.21 bits per heavy atom. The van der Waals surface area contributed by atoms with Crippen molar-refractivity contribution >= 4 is 33.4 Å². The van der Waals surface area contributed by atoms with E-state index in [-0.39, 0.29) is 21.3 Å². The number of benzene rings is 2. The summed E-state index contributed by atoms with van der Waals surface area (Å²) in [5.41, 5.74) is 3.32. The quantitative estimate of drug-likeness (QED) is 0.524. The fourth-order valence-corrected chi connectivity index (χ4v) is 3.97. The Balaban J connectivity index is 2.20. The standard InChI is InChI=1S/C20H22ClNO5S/c1-12-8-14(3)16(9-13(12)2)18(23)11-27-20(24)15-6-7-17(21)19(10-15)28(25,26)22(4)5/h6-10H,11H2,1-5H3. The molecule has 0 radical (unpaired) electrons. The van der Waals surface area contributed by atoms with Gasteiger partial charge >= 0.3 is 5.97 Å². The lowest BCUT2D eigenvalue weighted by Crippen LogP contribution is -2.23. The Labute approximate surface area is 170 Å². The number of ketones is 1. The molecule has 0 atom stereocenters. The van der Waals surface area contributed by atoms with Crippen LogP contribution in [0.1, 0.15) is 37.4 Å². The van der Waals surface area contributed by atoms with Gasteiger partial charge in [0.05, 0.1) is 10.6 Å². The SMILES string of the molecule is Cc1cc(C)c(C(=O)COC(=O)c2ccc(Cl)c(S(=O)(=O)N(C)C)c2)cc1C. The summed E-state index contributed by atoms with van der Waals surface area (Å²) in [6.45, 7) is 5.23. The zero-order valence-corrected chi connectivity index (χ0v) is 17.9. The summed E-state index contributed by atoms with van der Waals surface area (Å²) in [4.78, 5) is 24.6. The molecule has 0 saturated carbocycles. The first-order valence-corrected chi connectivity index (χ1v) is 10.3. The third-order valence-electron chi connectivity index (χ3n) is 4.40. The van der Waals surface area contributed by atoms with Crippen molar-refractivity contribution in [2.75, 3.05) is 20.7 Å². The van der Waals surface area contributed by atoms with Crippen LogP contribution in [0.4, 0.5) is 0 Å². The summed E-state index contributed by atoms with van der Waals surface area (Å²) in [6, 6.07) is 7.48. The number of rotatable bonds is 6. The van der Waals surface area contributed by atoms with Gasteiger partial charge < -0.3 is 4.74 Å². The zero-order valence-electron chi connectivity index (χ0n) is 16.4. The van der Waals surface area contributed by atoms with Gasteiger partial charge in [0.1, 0.15) is 4.90 Å². The van der Waals surface area contributed by atoms with Crippen LogP contribution >= 0.6 is 11.6 Å². The molecule has 0 unspecified atom stereocenters. The predicted octanol–water partition coefficient (Wildman–Crippen LogP) is 3.56. The number of sulfonamides is 1. The Morgan fingerprint density at radius 1 is 1.00 bits per heavy atom. The molecule has 0 spiro atoms. The highest BCUT2D eigenvalue weighted by atomic mass is 35.5. The molecular formula is C20H22ClNO5S. The van der Waals surface area contributed by atoms with Crippen LogP contribution in [0, 0.1) is 20.8 Å². The van der Waals surface area contributed by atoms with Gasteiger partial charge in [0.2, 0.25) is 15.8 Å². The maximum absolute atomic E-state index is 12.4. The summed E-state index contributed by atoms with van der Waals surface area (Å²) < 4.78 is 30.7. The van der Waals surface area contributed by atoms with Gasteiger partial charge in [0.15, 0.2) is 6.61 Å². The van der Waals surface area contributed by atoms with Crippen LogP contribution in [-0.4, -0.2) is 45.2 Å². The summed E-state index contributed by atoms with van der Waals surface area (Å²) in [5, 5.41) is -0.00733. The first-order chi connectivity index (χ1) is 12.9. The van der Waals surface area contributed by atoms with E-state index in [4.69, 9.17) is 16.3 Å². The van der Waals surface area contributed by atoms with Crippen LogP contribution in [-0.2, 0) is 14.8 Å². The lowest BCUT2D eigenvalue weighted by Gasteiger charge is -2.14. The lowest BCUT2D eigenvalue weighted by atomic mass is 9.98. The van der Waals surface area contributed by atoms with Crippen molar-refractivity contribution in [2.24, 2.45) is 0 Å². The molecule has 0 fully saturated rings. The second-order valence-corrected chi connectivity index (χ2v) is 9.21. The molecule has 150 valence electrons. The smallest absolute Gasteiger partial charge is 0.338 e. The molecule has 2 rings (SSSR count). The van der Waals surface area contributed by atoms with Gasteiger partial charge in [0.25, 0.3) is 0 Å². The number of hydrogen-bond donors (Lipinski definition) is 0. The van der Waals surface area contributed by atoms with Crippen molar-refractivity contribution in [2.45, 2.75) is 25.7 Å². The Hall–Kier alpha value is -2.22. The second-order valence-electron chi connectivity index (χ2n) is 6.68. The minimum atomic E-state index is -3.83. The molecule has 2 aromatic carbocycles. The zero-order chi connectivity index (χ0) is 21.2. The van der Waals surface area contributed by atoms with Gasteiger partial charge in [-0.3, -0.25) is 4.79 Å². The molecule has 8 heteroatoms. The molecule has 0 aromatic heterocycles. The average Bonchev–Trinajstić information content (AvgIpc) is 2.62. The Morgan fingerprint density at radius 2 is 1.61 bits per heavy atom. The summed E-state index contributed by atoms with van der Waals surface area (Å²) in [6.07, 6.45) is 0. The van der Waals surface area contributed by atoms with Crippen LogP contribution in [0.5, 0.6) is 0 Å². The molecule has 2 aromatic rings. The number of hydrogen-bond acceptors (Lipinski definition) is 5. The number of Topliss-reactive ketones (excluding diaryl/α,β-unsaturated/α-hetero) is 1. The molecule has 0 aliphatic heterocycles. The number of ether oxygens (including phenoxy) is 1.